The van der Waals surface area contributed by atoms with Crippen molar-refractivity contribution in [2.45, 2.75) is 0 Å². The van der Waals surface area contributed by atoms with Crippen LogP contribution in [0.1, 0.15) is 1.43 Å². The maximum atomic E-state index is 8.70. The van der Waals surface area contributed by atoms with E-state index in [4.69, 9.17) is 14.4 Å². The van der Waals surface area contributed by atoms with Gasteiger partial charge in [-0.25, -0.2) is 0 Å². The fourth-order valence-corrected chi connectivity index (χ4v) is 0. The second kappa shape index (κ2) is 9.36. The minimum absolute atomic E-state index is 0. The molecule has 0 saturated heterocycles. The van der Waals surface area contributed by atoms with E-state index in [1.165, 1.54) is 0 Å². The normalized spacial score (nSPS) is 4.33. The van der Waals surface area contributed by atoms with Crippen molar-refractivity contribution < 1.29 is 50.8 Å². The molecule has 6 heavy (non-hydrogen) atoms. The van der Waals surface area contributed by atoms with Crippen molar-refractivity contribution in [3.63, 3.8) is 0 Å². The van der Waals surface area contributed by atoms with Gasteiger partial charge in [0, 0.05) is 4.57 Å². The molecule has 0 heterocycles. The zero-order valence-electron chi connectivity index (χ0n) is 4.25. The molecule has 0 unspecified atom stereocenters. The Kier molecular flexibility index (Phi) is 24.6. The van der Waals surface area contributed by atoms with Crippen LogP contribution >= 0.6 is 8.25 Å². The fourth-order valence-electron chi connectivity index (χ4n) is 0. The smallest absolute Gasteiger partial charge is 1.00 e. The van der Waals surface area contributed by atoms with Crippen molar-refractivity contribution in [2.24, 2.45) is 0 Å². The SMILES string of the molecule is O.O=[P+](O)O.[H-].[Na+]. The maximum absolute atomic E-state index is 8.70. The van der Waals surface area contributed by atoms with E-state index in [0.29, 0.717) is 0 Å². The van der Waals surface area contributed by atoms with E-state index >= 15 is 0 Å². The van der Waals surface area contributed by atoms with Crippen LogP contribution in [-0.2, 0) is 4.57 Å². The van der Waals surface area contributed by atoms with E-state index in [0.717, 1.165) is 0 Å². The van der Waals surface area contributed by atoms with Crippen LogP contribution in [0.15, 0.2) is 0 Å². The molecule has 0 rings (SSSR count). The third-order valence-electron chi connectivity index (χ3n) is 0. The Balaban J connectivity index is -0.0000000150. The maximum Gasteiger partial charge on any atom is 1.00 e. The van der Waals surface area contributed by atoms with Gasteiger partial charge in [0.2, 0.25) is 0 Å². The van der Waals surface area contributed by atoms with Gasteiger partial charge in [0.05, 0.1) is 0 Å². The van der Waals surface area contributed by atoms with Gasteiger partial charge >= 0.3 is 37.8 Å². The summed E-state index contributed by atoms with van der Waals surface area (Å²) < 4.78 is 8.70. The standard InChI is InChI=1S/Na.HO3P.H2O.H/c;1-4(2)3;;/h;(H-,1,2,3);1H2;/q+1;;;-1/p+1. The van der Waals surface area contributed by atoms with E-state index in [2.05, 4.69) is 0 Å². The minimum atomic E-state index is -2.87. The summed E-state index contributed by atoms with van der Waals surface area (Å²) in [6.07, 6.45) is 0. The quantitative estimate of drug-likeness (QED) is 0.253. The Morgan fingerprint density at radius 2 is 1.50 bits per heavy atom. The summed E-state index contributed by atoms with van der Waals surface area (Å²) in [6.45, 7) is 0. The summed E-state index contributed by atoms with van der Waals surface area (Å²) in [5.41, 5.74) is 0. The van der Waals surface area contributed by atoms with Gasteiger partial charge < -0.3 is 6.90 Å². The molecule has 0 fully saturated rings. The molecule has 0 aromatic heterocycles. The first-order valence-electron chi connectivity index (χ1n) is 0.583. The Bertz CT molecular complexity index is 34.7. The average molecular weight is 123 g/mol. The molecule has 0 spiro atoms. The van der Waals surface area contributed by atoms with Crippen LogP contribution in [0.3, 0.4) is 0 Å². The molecule has 0 atom stereocenters. The van der Waals surface area contributed by atoms with Gasteiger partial charge in [0.15, 0.2) is 0 Å². The third-order valence-corrected chi connectivity index (χ3v) is 0. The van der Waals surface area contributed by atoms with E-state index in [1.54, 1.807) is 0 Å². The summed E-state index contributed by atoms with van der Waals surface area (Å²) in [7, 11) is -2.87. The topological polar surface area (TPSA) is 89.0 Å². The van der Waals surface area contributed by atoms with Crippen LogP contribution in [0.5, 0.6) is 0 Å². The van der Waals surface area contributed by atoms with Gasteiger partial charge in [0.1, 0.15) is 0 Å². The van der Waals surface area contributed by atoms with Crippen LogP contribution in [0.25, 0.3) is 0 Å². The van der Waals surface area contributed by atoms with Crippen molar-refractivity contribution in [2.75, 3.05) is 0 Å². The molecule has 0 aliphatic heterocycles. The van der Waals surface area contributed by atoms with Crippen LogP contribution < -0.4 is 29.6 Å². The monoisotopic (exact) mass is 123 g/mol. The predicted molar refractivity (Wildman–Crippen MR) is 16.8 cm³/mol. The molecule has 0 saturated carbocycles. The molecule has 0 aromatic rings. The van der Waals surface area contributed by atoms with E-state index in [1.807, 2.05) is 0 Å². The van der Waals surface area contributed by atoms with Gasteiger partial charge in [0.25, 0.3) is 0 Å². The number of hydrogen-bond donors (Lipinski definition) is 2. The van der Waals surface area contributed by atoms with E-state index in [-0.39, 0.29) is 36.5 Å². The molecule has 6 heteroatoms. The van der Waals surface area contributed by atoms with E-state index in [9.17, 15) is 0 Å². The second-order valence-electron chi connectivity index (χ2n) is 0.253. The third kappa shape index (κ3) is 82.1. The molecule has 4 N–H and O–H groups in total. The fraction of sp³-hybridized carbons (Fsp3) is 0. The van der Waals surface area contributed by atoms with Crippen molar-refractivity contribution >= 4 is 8.25 Å². The molecule has 0 aromatic carbocycles. The molecule has 34 valence electrons. The Morgan fingerprint density at radius 3 is 1.50 bits per heavy atom. The van der Waals surface area contributed by atoms with Crippen LogP contribution in [0, 0.1) is 0 Å². The summed E-state index contributed by atoms with van der Waals surface area (Å²) in [5.74, 6) is 0. The van der Waals surface area contributed by atoms with Gasteiger partial charge in [-0.2, -0.15) is 0 Å². The Labute approximate surface area is 59.2 Å². The van der Waals surface area contributed by atoms with Crippen molar-refractivity contribution in [3.8, 4) is 0 Å². The zero-order chi connectivity index (χ0) is 3.58. The summed E-state index contributed by atoms with van der Waals surface area (Å²) >= 11 is 0. The molecular formula is H5NaO4P+. The molecule has 0 bridgehead atoms. The van der Waals surface area contributed by atoms with Gasteiger partial charge in [-0.1, -0.05) is 0 Å². The zero-order valence-corrected chi connectivity index (χ0v) is 6.14. The van der Waals surface area contributed by atoms with E-state index < -0.39 is 8.25 Å². The second-order valence-corrected chi connectivity index (χ2v) is 0.758. The molecule has 0 radical (unpaired) electrons. The average Bonchev–Trinajstić information content (AvgIpc) is 0.811. The Hall–Kier alpha value is 0.980. The van der Waals surface area contributed by atoms with Gasteiger partial charge in [-0.05, 0) is 0 Å². The van der Waals surface area contributed by atoms with Crippen molar-refractivity contribution in [3.05, 3.63) is 0 Å². The van der Waals surface area contributed by atoms with Crippen LogP contribution in [0.2, 0.25) is 0 Å². The molecule has 0 aliphatic rings. The number of rotatable bonds is 0. The minimum Gasteiger partial charge on any atom is -1.00 e. The molecule has 0 amide bonds. The first kappa shape index (κ1) is 15.8. The first-order chi connectivity index (χ1) is 1.73. The Morgan fingerprint density at radius 1 is 1.50 bits per heavy atom. The van der Waals surface area contributed by atoms with Crippen LogP contribution in [-0.4, -0.2) is 15.3 Å². The number of hydrogen-bond acceptors (Lipinski definition) is 1. The van der Waals surface area contributed by atoms with Crippen molar-refractivity contribution in [1.29, 1.82) is 0 Å². The summed E-state index contributed by atoms with van der Waals surface area (Å²) in [5, 5.41) is 0. The summed E-state index contributed by atoms with van der Waals surface area (Å²) in [4.78, 5) is 14.2. The molecule has 0 aliphatic carbocycles. The van der Waals surface area contributed by atoms with Crippen molar-refractivity contribution in [1.82, 2.24) is 0 Å². The van der Waals surface area contributed by atoms with Gasteiger partial charge in [-0.15, -0.1) is 9.79 Å². The van der Waals surface area contributed by atoms with Crippen LogP contribution in [0.4, 0.5) is 0 Å². The molecule has 4 nitrogen and oxygen atoms in total. The molecular weight excluding hydrogens is 118 g/mol. The largest absolute Gasteiger partial charge is 1.00 e. The van der Waals surface area contributed by atoms with Gasteiger partial charge in [-0.3, -0.25) is 0 Å². The predicted octanol–water partition coefficient (Wildman–Crippen LogP) is -4.08. The first-order valence-corrected chi connectivity index (χ1v) is 1.75. The summed E-state index contributed by atoms with van der Waals surface area (Å²) in [6, 6.07) is 0.